The Kier molecular flexibility index (Phi) is 13.6. The van der Waals surface area contributed by atoms with Gasteiger partial charge in [0.2, 0.25) is 5.90 Å². The van der Waals surface area contributed by atoms with Gasteiger partial charge in [0, 0.05) is 49.6 Å². The molecule has 5 nitrogen and oxygen atoms in total. The number of aliphatic imine (C=N–C) groups is 1. The summed E-state index contributed by atoms with van der Waals surface area (Å²) in [7, 11) is -2.50. The Labute approximate surface area is 374 Å². The van der Waals surface area contributed by atoms with Crippen LogP contribution in [0.25, 0.3) is 32.7 Å². The van der Waals surface area contributed by atoms with E-state index in [1.165, 1.54) is 11.1 Å². The minimum Gasteiger partial charge on any atom is -0.500 e. The molecule has 1 radical (unpaired) electrons. The Morgan fingerprint density at radius 3 is 1.62 bits per heavy atom. The zero-order valence-corrected chi connectivity index (χ0v) is 37.9. The molecule has 3 aliphatic rings. The molecule has 7 aromatic rings. The first-order valence-electron chi connectivity index (χ1n) is 20.9. The van der Waals surface area contributed by atoms with E-state index in [1.807, 2.05) is 30.3 Å². The first-order valence-corrected chi connectivity index (χ1v) is 22.2. The van der Waals surface area contributed by atoms with Crippen LogP contribution in [0.5, 0.6) is 11.5 Å². The number of ether oxygens (including phenoxy) is 1. The summed E-state index contributed by atoms with van der Waals surface area (Å²) in [4.78, 5) is 5.29. The molecule has 0 amide bonds. The van der Waals surface area contributed by atoms with Crippen molar-refractivity contribution in [3.05, 3.63) is 204 Å². The number of fused-ring (bicyclic) bond motifs is 7. The SMILES string of the molecule is Cc1ccc(CC(Cc2ccc(C)cc2)(O[PH+]2Oc3ccc4ccccc4c3-c3c(ccc4ccccc34)O2)[C@@H]2COC(c3ccccc3)=N2)cc1.[C-]1=CCC[C-]=CCC1.[Ir]. The van der Waals surface area contributed by atoms with Crippen molar-refractivity contribution in [3.63, 3.8) is 0 Å². The van der Waals surface area contributed by atoms with Gasteiger partial charge in [-0.2, -0.15) is 17.4 Å². The van der Waals surface area contributed by atoms with Gasteiger partial charge < -0.3 is 16.9 Å². The Hall–Kier alpha value is -5.35. The first kappa shape index (κ1) is 42.3. The fourth-order valence-electron chi connectivity index (χ4n) is 8.24. The average Bonchev–Trinajstić information content (AvgIpc) is 3.71. The van der Waals surface area contributed by atoms with Crippen molar-refractivity contribution >= 4 is 36.0 Å². The molecule has 61 heavy (non-hydrogen) atoms. The number of rotatable bonds is 8. The fourth-order valence-corrected chi connectivity index (χ4v) is 9.68. The van der Waals surface area contributed by atoms with Gasteiger partial charge in [-0.25, -0.2) is 4.99 Å². The van der Waals surface area contributed by atoms with E-state index in [0.717, 1.165) is 86.5 Å². The van der Waals surface area contributed by atoms with Gasteiger partial charge in [0.1, 0.15) is 12.6 Å². The average molecular weight is 999 g/mol. The number of allylic oxidation sites excluding steroid dienone is 4. The van der Waals surface area contributed by atoms with Gasteiger partial charge in [0.25, 0.3) is 0 Å². The molecule has 0 N–H and O–H groups in total. The van der Waals surface area contributed by atoms with Crippen molar-refractivity contribution in [1.82, 2.24) is 0 Å². The molecule has 1 aliphatic carbocycles. The van der Waals surface area contributed by atoms with Gasteiger partial charge in [-0.05, 0) is 70.8 Å². The molecule has 2 heterocycles. The predicted molar refractivity (Wildman–Crippen MR) is 247 cm³/mol. The van der Waals surface area contributed by atoms with Crippen molar-refractivity contribution < 1.29 is 38.4 Å². The van der Waals surface area contributed by atoms with Crippen LogP contribution in [0.15, 0.2) is 169 Å². The van der Waals surface area contributed by atoms with E-state index in [4.69, 9.17) is 23.3 Å². The van der Waals surface area contributed by atoms with Gasteiger partial charge in [0.15, 0.2) is 17.1 Å². The van der Waals surface area contributed by atoms with Crippen LogP contribution in [0.3, 0.4) is 0 Å². The number of aryl methyl sites for hydroxylation is 2. The third kappa shape index (κ3) is 9.75. The summed E-state index contributed by atoms with van der Waals surface area (Å²) in [6.45, 7) is 4.60. The summed E-state index contributed by atoms with van der Waals surface area (Å²) in [5.74, 6) is 2.12. The van der Waals surface area contributed by atoms with Gasteiger partial charge >= 0.3 is 8.60 Å². The standard InChI is InChI=1S/C46H39NO4P.C8H10.Ir/c1-31-16-20-33(21-17-31)28-46(29-34-22-18-32(2)19-23-34,42-30-48-45(47-42)37-12-4-3-5-13-37)51-52-49-40-26-24-35-10-6-8-14-38(35)43(40)44-39-15-9-7-11-36(39)25-27-41(44)50-52;1-2-4-6-8-7-5-3-1;/h3-27,42,52H,28-30H2,1-2H3;1,8H,2,4-5,7H2;/q+1;-2;/t42-;;/m0../s1. The van der Waals surface area contributed by atoms with Gasteiger partial charge in [-0.15, -0.1) is 0 Å². The minimum atomic E-state index is -2.50. The van der Waals surface area contributed by atoms with Crippen molar-refractivity contribution in [2.45, 2.75) is 64.0 Å². The molecule has 7 aromatic carbocycles. The van der Waals surface area contributed by atoms with E-state index in [9.17, 15) is 0 Å². The molecule has 0 aromatic heterocycles. The van der Waals surface area contributed by atoms with E-state index >= 15 is 0 Å². The van der Waals surface area contributed by atoms with E-state index in [0.29, 0.717) is 25.3 Å². The summed E-state index contributed by atoms with van der Waals surface area (Å²) in [6.07, 6.45) is 16.2. The second-order valence-electron chi connectivity index (χ2n) is 15.8. The molecule has 0 spiro atoms. The van der Waals surface area contributed by atoms with Crippen LogP contribution < -0.4 is 9.05 Å². The number of benzene rings is 7. The fraction of sp³-hybridized carbons (Fsp3) is 0.204. The maximum atomic E-state index is 7.50. The van der Waals surface area contributed by atoms with Crippen molar-refractivity contribution in [2.75, 3.05) is 6.61 Å². The van der Waals surface area contributed by atoms with E-state index in [2.05, 4.69) is 159 Å². The van der Waals surface area contributed by atoms with E-state index < -0.39 is 14.2 Å². The maximum absolute atomic E-state index is 7.50. The van der Waals surface area contributed by atoms with Gasteiger partial charge in [-0.3, -0.25) is 21.2 Å². The summed E-state index contributed by atoms with van der Waals surface area (Å²) in [5.41, 5.74) is 6.81. The Balaban J connectivity index is 0.000000515. The Morgan fingerprint density at radius 2 is 1.10 bits per heavy atom. The molecule has 2 aliphatic heterocycles. The molecule has 0 bridgehead atoms. The minimum absolute atomic E-state index is 0. The maximum Gasteiger partial charge on any atom is 0.486 e. The normalized spacial score (nSPS) is 15.9. The van der Waals surface area contributed by atoms with Crippen LogP contribution in [0.4, 0.5) is 0 Å². The predicted octanol–water partition coefficient (Wildman–Crippen LogP) is 13.4. The van der Waals surface area contributed by atoms with Crippen LogP contribution in [0.1, 0.15) is 53.5 Å². The third-order valence-corrected chi connectivity index (χ3v) is 12.7. The van der Waals surface area contributed by atoms with Crippen LogP contribution in [0, 0.1) is 26.0 Å². The first-order chi connectivity index (χ1) is 29.5. The second-order valence-corrected chi connectivity index (χ2v) is 16.9. The third-order valence-electron chi connectivity index (χ3n) is 11.4. The van der Waals surface area contributed by atoms with Crippen molar-refractivity contribution in [3.8, 4) is 22.6 Å². The van der Waals surface area contributed by atoms with Gasteiger partial charge in [0.05, 0.1) is 0 Å². The smallest absolute Gasteiger partial charge is 0.486 e. The molecular weight excluding hydrogens is 950 g/mol. The summed E-state index contributed by atoms with van der Waals surface area (Å²) in [5, 5.41) is 4.49. The zero-order chi connectivity index (χ0) is 40.7. The largest absolute Gasteiger partial charge is 0.500 e. The molecule has 0 saturated carbocycles. The van der Waals surface area contributed by atoms with Crippen LogP contribution in [-0.2, 0) is 42.2 Å². The molecule has 0 fully saturated rings. The second kappa shape index (κ2) is 19.6. The Morgan fingerprint density at radius 1 is 0.607 bits per heavy atom. The monoisotopic (exact) mass is 999 g/mol. The quantitative estimate of drug-likeness (QED) is 0.112. The number of hydrogen-bond acceptors (Lipinski definition) is 5. The summed E-state index contributed by atoms with van der Waals surface area (Å²) < 4.78 is 27.9. The molecule has 0 saturated heterocycles. The van der Waals surface area contributed by atoms with E-state index in [1.54, 1.807) is 0 Å². The van der Waals surface area contributed by atoms with Crippen LogP contribution in [0.2, 0.25) is 0 Å². The van der Waals surface area contributed by atoms with Crippen molar-refractivity contribution in [1.29, 1.82) is 0 Å². The van der Waals surface area contributed by atoms with E-state index in [-0.39, 0.29) is 26.1 Å². The molecule has 7 heteroatoms. The van der Waals surface area contributed by atoms with Crippen LogP contribution >= 0.6 is 8.60 Å². The summed E-state index contributed by atoms with van der Waals surface area (Å²) >= 11 is 0. The molecule has 1 atom stereocenters. The Bertz CT molecular complexity index is 2520. The molecule has 309 valence electrons. The van der Waals surface area contributed by atoms with Gasteiger partial charge in [-0.1, -0.05) is 151 Å². The zero-order valence-electron chi connectivity index (χ0n) is 34.5. The molecule has 10 rings (SSSR count). The van der Waals surface area contributed by atoms with Crippen molar-refractivity contribution in [2.24, 2.45) is 4.99 Å². The number of hydrogen-bond donors (Lipinski definition) is 0. The van der Waals surface area contributed by atoms with Crippen LogP contribution in [-0.4, -0.2) is 24.1 Å². The molecule has 0 unspecified atom stereocenters. The molecular formula is C54H49IrNO4P-. The topological polar surface area (TPSA) is 49.3 Å². The number of nitrogens with zero attached hydrogens (tertiary/aromatic N) is 1. The summed E-state index contributed by atoms with van der Waals surface area (Å²) in [6, 6.07) is 52.5.